The minimum atomic E-state index is -0.339. The summed E-state index contributed by atoms with van der Waals surface area (Å²) in [6.07, 6.45) is 5.30. The van der Waals surface area contributed by atoms with Gasteiger partial charge in [0.2, 0.25) is 5.95 Å². The average molecular weight is 362 g/mol. The van der Waals surface area contributed by atoms with E-state index in [4.69, 9.17) is 4.42 Å². The van der Waals surface area contributed by atoms with Gasteiger partial charge in [-0.25, -0.2) is 0 Å². The summed E-state index contributed by atoms with van der Waals surface area (Å²) in [7, 11) is 0. The fourth-order valence-electron chi connectivity index (χ4n) is 2.76. The smallest absolute Gasteiger partial charge is 0.228 e. The van der Waals surface area contributed by atoms with Crippen molar-refractivity contribution in [3.05, 3.63) is 24.2 Å². The molecule has 0 saturated carbocycles. The molecule has 1 aliphatic heterocycles. The molecule has 2 aromatic rings. The second-order valence-electron chi connectivity index (χ2n) is 7.46. The molecule has 1 fully saturated rings. The normalized spacial score (nSPS) is 15.6. The van der Waals surface area contributed by atoms with E-state index in [2.05, 4.69) is 19.7 Å². The lowest BCUT2D eigenvalue weighted by atomic mass is 9.92. The van der Waals surface area contributed by atoms with Gasteiger partial charge < -0.3 is 9.32 Å². The highest BCUT2D eigenvalue weighted by Crippen LogP contribution is 2.27. The number of ketones is 1. The van der Waals surface area contributed by atoms with E-state index in [1.807, 2.05) is 32.9 Å². The zero-order chi connectivity index (χ0) is 17.9. The minimum absolute atomic E-state index is 0.213. The number of rotatable bonds is 6. The topological polar surface area (TPSA) is 64.2 Å². The molecule has 0 spiro atoms. The van der Waals surface area contributed by atoms with Gasteiger partial charge in [-0.05, 0) is 31.4 Å². The Morgan fingerprint density at radius 1 is 1.24 bits per heavy atom. The van der Waals surface area contributed by atoms with E-state index in [1.54, 1.807) is 6.26 Å². The first kappa shape index (κ1) is 18.0. The van der Waals surface area contributed by atoms with Crippen LogP contribution in [-0.2, 0) is 11.3 Å². The summed E-state index contributed by atoms with van der Waals surface area (Å²) in [5, 5.41) is 9.56. The van der Waals surface area contributed by atoms with Crippen LogP contribution >= 0.6 is 11.8 Å². The first-order chi connectivity index (χ1) is 11.9. The Balaban J connectivity index is 1.81. The predicted molar refractivity (Wildman–Crippen MR) is 99.1 cm³/mol. The number of hydrogen-bond acceptors (Lipinski definition) is 6. The van der Waals surface area contributed by atoms with Gasteiger partial charge in [-0.3, -0.25) is 9.36 Å². The highest BCUT2D eigenvalue weighted by molar-refractivity contribution is 7.99. The lowest BCUT2D eigenvalue weighted by Gasteiger charge is -2.27. The van der Waals surface area contributed by atoms with Gasteiger partial charge in [-0.1, -0.05) is 32.5 Å². The molecule has 3 heterocycles. The van der Waals surface area contributed by atoms with Crippen LogP contribution in [0.1, 0.15) is 45.8 Å². The molecule has 0 aliphatic carbocycles. The molecular weight excluding hydrogens is 336 g/mol. The van der Waals surface area contributed by atoms with Crippen molar-refractivity contribution in [2.75, 3.05) is 23.7 Å². The quantitative estimate of drug-likeness (QED) is 0.732. The van der Waals surface area contributed by atoms with Gasteiger partial charge in [-0.15, -0.1) is 10.2 Å². The molecule has 0 atom stereocenters. The Morgan fingerprint density at radius 2 is 2.00 bits per heavy atom. The molecule has 3 rings (SSSR count). The molecule has 0 radical (unpaired) electrons. The molecule has 7 heteroatoms. The molecule has 0 bridgehead atoms. The molecule has 0 unspecified atom stereocenters. The van der Waals surface area contributed by atoms with Crippen LogP contribution in [0.3, 0.4) is 0 Å². The third-order valence-corrected chi connectivity index (χ3v) is 5.37. The number of piperidine rings is 1. The van der Waals surface area contributed by atoms with Crippen molar-refractivity contribution in [2.45, 2.75) is 51.7 Å². The van der Waals surface area contributed by atoms with Crippen molar-refractivity contribution in [2.24, 2.45) is 5.41 Å². The Labute approximate surface area is 153 Å². The van der Waals surface area contributed by atoms with Crippen LogP contribution in [0.25, 0.3) is 0 Å². The van der Waals surface area contributed by atoms with Crippen molar-refractivity contribution < 1.29 is 9.21 Å². The maximum atomic E-state index is 12.3. The van der Waals surface area contributed by atoms with E-state index in [0.29, 0.717) is 12.3 Å². The van der Waals surface area contributed by atoms with E-state index in [0.717, 1.165) is 30.0 Å². The molecule has 1 saturated heterocycles. The van der Waals surface area contributed by atoms with Crippen molar-refractivity contribution in [3.63, 3.8) is 0 Å². The molecule has 0 amide bonds. The maximum absolute atomic E-state index is 12.3. The fraction of sp³-hybridized carbons (Fsp3) is 0.611. The summed E-state index contributed by atoms with van der Waals surface area (Å²) in [4.78, 5) is 14.6. The minimum Gasteiger partial charge on any atom is -0.467 e. The number of carbonyl (C=O) groups is 1. The van der Waals surface area contributed by atoms with Gasteiger partial charge in [-0.2, -0.15) is 0 Å². The Bertz CT molecular complexity index is 697. The third-order valence-electron chi connectivity index (χ3n) is 4.40. The predicted octanol–water partition coefficient (Wildman–Crippen LogP) is 3.62. The molecule has 2 aromatic heterocycles. The standard InChI is InChI=1S/C18H26N4O2S/c1-18(2,3)15(23)13-25-17-20-19-16(21-9-5-4-6-10-21)22(17)12-14-8-7-11-24-14/h7-8,11H,4-6,9-10,12-13H2,1-3H3. The van der Waals surface area contributed by atoms with Crippen LogP contribution in [0, 0.1) is 5.41 Å². The van der Waals surface area contributed by atoms with Crippen molar-refractivity contribution in [1.29, 1.82) is 0 Å². The van der Waals surface area contributed by atoms with Crippen LogP contribution in [0.4, 0.5) is 5.95 Å². The molecular formula is C18H26N4O2S. The number of aromatic nitrogens is 3. The Hall–Kier alpha value is -1.76. The van der Waals surface area contributed by atoms with Crippen LogP contribution in [0.5, 0.6) is 0 Å². The zero-order valence-corrected chi connectivity index (χ0v) is 16.0. The van der Waals surface area contributed by atoms with Gasteiger partial charge in [0.25, 0.3) is 0 Å². The summed E-state index contributed by atoms with van der Waals surface area (Å²) in [6, 6.07) is 3.84. The number of furan rings is 1. The highest BCUT2D eigenvalue weighted by Gasteiger charge is 2.24. The molecule has 136 valence electrons. The van der Waals surface area contributed by atoms with Crippen LogP contribution < -0.4 is 4.90 Å². The summed E-state index contributed by atoms with van der Waals surface area (Å²) in [5.74, 6) is 2.35. The van der Waals surface area contributed by atoms with E-state index < -0.39 is 0 Å². The van der Waals surface area contributed by atoms with E-state index >= 15 is 0 Å². The summed E-state index contributed by atoms with van der Waals surface area (Å²) in [6.45, 7) is 8.43. The molecule has 1 aliphatic rings. The van der Waals surface area contributed by atoms with Gasteiger partial charge in [0.1, 0.15) is 11.5 Å². The van der Waals surface area contributed by atoms with Crippen LogP contribution in [0.15, 0.2) is 28.0 Å². The second-order valence-corrected chi connectivity index (χ2v) is 8.40. The Morgan fingerprint density at radius 3 is 2.64 bits per heavy atom. The number of carbonyl (C=O) groups excluding carboxylic acids is 1. The second kappa shape index (κ2) is 7.64. The highest BCUT2D eigenvalue weighted by atomic mass is 32.2. The summed E-state index contributed by atoms with van der Waals surface area (Å²) < 4.78 is 7.59. The fourth-order valence-corrected chi connectivity index (χ4v) is 3.85. The monoisotopic (exact) mass is 362 g/mol. The van der Waals surface area contributed by atoms with E-state index in [-0.39, 0.29) is 11.2 Å². The molecule has 0 aromatic carbocycles. The molecule has 6 nitrogen and oxygen atoms in total. The molecule has 25 heavy (non-hydrogen) atoms. The zero-order valence-electron chi connectivity index (χ0n) is 15.2. The first-order valence-corrected chi connectivity index (χ1v) is 9.80. The third kappa shape index (κ3) is 4.45. The first-order valence-electron chi connectivity index (χ1n) is 8.82. The van der Waals surface area contributed by atoms with Crippen molar-refractivity contribution in [1.82, 2.24) is 14.8 Å². The Kier molecular flexibility index (Phi) is 5.51. The SMILES string of the molecule is CC(C)(C)C(=O)CSc1nnc(N2CCCCC2)n1Cc1ccco1. The van der Waals surface area contributed by atoms with E-state index in [1.165, 1.54) is 31.0 Å². The van der Waals surface area contributed by atoms with Gasteiger partial charge in [0.15, 0.2) is 5.16 Å². The average Bonchev–Trinajstić information content (AvgIpc) is 3.23. The lowest BCUT2D eigenvalue weighted by molar-refractivity contribution is -0.123. The number of hydrogen-bond donors (Lipinski definition) is 0. The van der Waals surface area contributed by atoms with E-state index in [9.17, 15) is 4.79 Å². The number of nitrogens with zero attached hydrogens (tertiary/aromatic N) is 4. The summed E-state index contributed by atoms with van der Waals surface area (Å²) in [5.41, 5.74) is -0.339. The number of Topliss-reactive ketones (excluding diaryl/α,β-unsaturated/α-hetero) is 1. The maximum Gasteiger partial charge on any atom is 0.228 e. The van der Waals surface area contributed by atoms with Crippen molar-refractivity contribution >= 4 is 23.5 Å². The number of anilines is 1. The summed E-state index contributed by atoms with van der Waals surface area (Å²) >= 11 is 1.46. The van der Waals surface area contributed by atoms with Crippen molar-refractivity contribution in [3.8, 4) is 0 Å². The van der Waals surface area contributed by atoms with Gasteiger partial charge in [0, 0.05) is 18.5 Å². The van der Waals surface area contributed by atoms with Gasteiger partial charge in [0.05, 0.1) is 18.6 Å². The number of thioether (sulfide) groups is 1. The largest absolute Gasteiger partial charge is 0.467 e. The van der Waals surface area contributed by atoms with Crippen LogP contribution in [-0.4, -0.2) is 39.4 Å². The van der Waals surface area contributed by atoms with Gasteiger partial charge >= 0.3 is 0 Å². The van der Waals surface area contributed by atoms with Crippen LogP contribution in [0.2, 0.25) is 0 Å². The molecule has 0 N–H and O–H groups in total. The lowest BCUT2D eigenvalue weighted by Crippen LogP contribution is -2.32.